The normalized spacial score (nSPS) is 14.1. The van der Waals surface area contributed by atoms with Crippen molar-refractivity contribution in [2.24, 2.45) is 0 Å². The molecular formula is C32H40ClF2NO5SSi. The number of halogens is 3. The lowest BCUT2D eigenvalue weighted by atomic mass is 10.1. The molecule has 0 fully saturated rings. The first-order valence-corrected chi connectivity index (χ1v) is 18.6. The van der Waals surface area contributed by atoms with Crippen molar-refractivity contribution >= 4 is 47.8 Å². The Morgan fingerprint density at radius 3 is 2.30 bits per heavy atom. The molecule has 0 aliphatic rings. The fourth-order valence-electron chi connectivity index (χ4n) is 4.10. The highest BCUT2D eigenvalue weighted by Crippen LogP contribution is 2.37. The molecular weight excluding hydrogens is 612 g/mol. The van der Waals surface area contributed by atoms with Crippen molar-refractivity contribution < 1.29 is 31.5 Å². The van der Waals surface area contributed by atoms with Crippen molar-refractivity contribution in [2.75, 3.05) is 18.0 Å². The van der Waals surface area contributed by atoms with Gasteiger partial charge in [-0.1, -0.05) is 56.6 Å². The summed E-state index contributed by atoms with van der Waals surface area (Å²) in [6, 6.07) is 11.5. The minimum absolute atomic E-state index is 0.128. The Morgan fingerprint density at radius 1 is 1.05 bits per heavy atom. The minimum atomic E-state index is -4.41. The van der Waals surface area contributed by atoms with Crippen LogP contribution in [0.15, 0.2) is 59.5 Å². The summed E-state index contributed by atoms with van der Waals surface area (Å²) in [5.41, 5.74) is 0.953. The summed E-state index contributed by atoms with van der Waals surface area (Å²) in [6.07, 6.45) is 1.62. The number of anilines is 1. The van der Waals surface area contributed by atoms with Crippen LogP contribution >= 0.6 is 11.6 Å². The quantitative estimate of drug-likeness (QED) is 0.168. The van der Waals surface area contributed by atoms with E-state index in [0.717, 1.165) is 15.9 Å². The van der Waals surface area contributed by atoms with Gasteiger partial charge in [0.05, 0.1) is 41.5 Å². The van der Waals surface area contributed by atoms with E-state index in [9.17, 15) is 17.9 Å². The third-order valence-electron chi connectivity index (χ3n) is 7.94. The van der Waals surface area contributed by atoms with Gasteiger partial charge in [-0.05, 0) is 79.5 Å². The second-order valence-corrected chi connectivity index (χ2v) is 19.0. The molecule has 11 heteroatoms. The lowest BCUT2D eigenvalue weighted by molar-refractivity contribution is 0.0845. The number of methoxy groups -OCH3 is 1. The molecule has 0 radical (unpaired) electrons. The molecule has 0 spiro atoms. The zero-order valence-corrected chi connectivity index (χ0v) is 28.4. The number of aryl methyl sites for hydroxylation is 1. The number of nitrogens with zero attached hydrogens (tertiary/aromatic N) is 1. The predicted molar refractivity (Wildman–Crippen MR) is 173 cm³/mol. The van der Waals surface area contributed by atoms with E-state index in [1.807, 2.05) is 13.1 Å². The Labute approximate surface area is 260 Å². The third-order valence-corrected chi connectivity index (χ3v) is 14.7. The van der Waals surface area contributed by atoms with Gasteiger partial charge < -0.3 is 14.3 Å². The Bertz CT molecular complexity index is 1570. The van der Waals surface area contributed by atoms with Crippen molar-refractivity contribution in [3.05, 3.63) is 87.9 Å². The maximum absolute atomic E-state index is 15.8. The topological polar surface area (TPSA) is 76.1 Å². The molecule has 0 heterocycles. The predicted octanol–water partition coefficient (Wildman–Crippen LogP) is 8.07. The molecule has 0 amide bonds. The van der Waals surface area contributed by atoms with Crippen LogP contribution in [0, 0.1) is 18.6 Å². The molecule has 0 saturated heterocycles. The van der Waals surface area contributed by atoms with Gasteiger partial charge >= 0.3 is 0 Å². The fourth-order valence-corrected chi connectivity index (χ4v) is 7.06. The zero-order chi connectivity index (χ0) is 32.3. The highest BCUT2D eigenvalue weighted by Gasteiger charge is 2.40. The Kier molecular flexibility index (Phi) is 10.9. The SMILES string of the molecule is COc1cc(S(=O)(=O)N(c2ccc(C=Cc3c(F)cccc3Cl)cc2F)C(C)C(O)CO[Si](C)(C)C(C)(C)C)ccc1C. The van der Waals surface area contributed by atoms with E-state index in [1.165, 1.54) is 68.7 Å². The summed E-state index contributed by atoms with van der Waals surface area (Å²) in [4.78, 5) is -0.128. The third kappa shape index (κ3) is 7.85. The molecule has 0 aliphatic heterocycles. The van der Waals surface area contributed by atoms with E-state index in [2.05, 4.69) is 20.8 Å². The summed E-state index contributed by atoms with van der Waals surface area (Å²) in [6.45, 7) is 13.4. The van der Waals surface area contributed by atoms with Crippen molar-refractivity contribution in [1.29, 1.82) is 0 Å². The van der Waals surface area contributed by atoms with E-state index in [-0.39, 0.29) is 32.8 Å². The first kappa shape index (κ1) is 34.7. The molecule has 2 unspecified atom stereocenters. The van der Waals surface area contributed by atoms with Crippen LogP contribution in [-0.2, 0) is 14.4 Å². The van der Waals surface area contributed by atoms with Crippen LogP contribution in [0.5, 0.6) is 5.75 Å². The molecule has 43 heavy (non-hydrogen) atoms. The zero-order valence-electron chi connectivity index (χ0n) is 25.8. The molecule has 3 aromatic carbocycles. The van der Waals surface area contributed by atoms with Gasteiger partial charge in [0.2, 0.25) is 0 Å². The van der Waals surface area contributed by atoms with E-state index in [4.69, 9.17) is 20.8 Å². The second-order valence-electron chi connectivity index (χ2n) is 12.0. The highest BCUT2D eigenvalue weighted by molar-refractivity contribution is 7.92. The number of hydrogen-bond acceptors (Lipinski definition) is 5. The fraction of sp³-hybridized carbons (Fsp3) is 0.375. The van der Waals surface area contributed by atoms with Crippen molar-refractivity contribution in [3.63, 3.8) is 0 Å². The molecule has 0 aliphatic carbocycles. The first-order chi connectivity index (χ1) is 19.9. The van der Waals surface area contributed by atoms with Crippen LogP contribution in [0.25, 0.3) is 12.2 Å². The lowest BCUT2D eigenvalue weighted by Gasteiger charge is -2.39. The largest absolute Gasteiger partial charge is 0.496 e. The number of hydrogen-bond donors (Lipinski definition) is 1. The number of rotatable bonds is 11. The van der Waals surface area contributed by atoms with E-state index >= 15 is 4.39 Å². The molecule has 3 rings (SSSR count). The van der Waals surface area contributed by atoms with Crippen LogP contribution in [0.3, 0.4) is 0 Å². The van der Waals surface area contributed by atoms with Gasteiger partial charge in [-0.25, -0.2) is 17.2 Å². The van der Waals surface area contributed by atoms with Gasteiger partial charge in [0.25, 0.3) is 10.0 Å². The van der Waals surface area contributed by atoms with Gasteiger partial charge in [-0.2, -0.15) is 0 Å². The number of benzene rings is 3. The van der Waals surface area contributed by atoms with E-state index in [1.54, 1.807) is 13.0 Å². The molecule has 2 atom stereocenters. The maximum atomic E-state index is 15.8. The summed E-state index contributed by atoms with van der Waals surface area (Å²) >= 11 is 6.10. The second kappa shape index (κ2) is 13.5. The Morgan fingerprint density at radius 2 is 1.72 bits per heavy atom. The van der Waals surface area contributed by atoms with Crippen LogP contribution in [0.1, 0.15) is 44.4 Å². The molecule has 0 aromatic heterocycles. The van der Waals surface area contributed by atoms with Gasteiger partial charge in [0.15, 0.2) is 8.32 Å². The Balaban J connectivity index is 2.07. The van der Waals surface area contributed by atoms with Crippen LogP contribution in [-0.4, -0.2) is 47.7 Å². The van der Waals surface area contributed by atoms with Crippen molar-refractivity contribution in [1.82, 2.24) is 0 Å². The number of aliphatic hydroxyl groups is 1. The Hall–Kier alpha value is -2.76. The standard InChI is InChI=1S/C32H40ClF2NO5SSi/c1-21-12-15-24(19-31(21)40-6)42(38,39)36(22(2)30(37)20-41-43(7,8)32(3,4)5)29-17-14-23(18-28(29)35)13-16-25-26(33)10-9-11-27(25)34/h9-19,22,30,37H,20H2,1-8H3. The van der Waals surface area contributed by atoms with Crippen LogP contribution in [0.2, 0.25) is 23.2 Å². The average Bonchev–Trinajstić information content (AvgIpc) is 2.92. The summed E-state index contributed by atoms with van der Waals surface area (Å²) < 4.78 is 70.7. The van der Waals surface area contributed by atoms with E-state index in [0.29, 0.717) is 11.3 Å². The monoisotopic (exact) mass is 651 g/mol. The number of sulfonamides is 1. The maximum Gasteiger partial charge on any atom is 0.264 e. The van der Waals surface area contributed by atoms with Gasteiger partial charge in [-0.3, -0.25) is 4.31 Å². The smallest absolute Gasteiger partial charge is 0.264 e. The van der Waals surface area contributed by atoms with Gasteiger partial charge in [0.1, 0.15) is 17.4 Å². The van der Waals surface area contributed by atoms with Gasteiger partial charge in [0, 0.05) is 11.6 Å². The number of aliphatic hydroxyl groups excluding tert-OH is 1. The summed E-state index contributed by atoms with van der Waals surface area (Å²) in [5.74, 6) is -1.04. The molecule has 1 N–H and O–H groups in total. The summed E-state index contributed by atoms with van der Waals surface area (Å²) in [5, 5.41) is 11.3. The number of ether oxygens (including phenoxy) is 1. The highest BCUT2D eigenvalue weighted by atomic mass is 35.5. The van der Waals surface area contributed by atoms with Crippen LogP contribution in [0.4, 0.5) is 14.5 Å². The molecule has 234 valence electrons. The van der Waals surface area contributed by atoms with Crippen molar-refractivity contribution in [3.8, 4) is 5.75 Å². The average molecular weight is 652 g/mol. The van der Waals surface area contributed by atoms with E-state index < -0.39 is 42.1 Å². The molecule has 3 aromatic rings. The minimum Gasteiger partial charge on any atom is -0.496 e. The van der Waals surface area contributed by atoms with Crippen LogP contribution < -0.4 is 9.04 Å². The lowest BCUT2D eigenvalue weighted by Crippen LogP contribution is -2.50. The van der Waals surface area contributed by atoms with Gasteiger partial charge in [-0.15, -0.1) is 0 Å². The molecule has 0 bridgehead atoms. The summed E-state index contributed by atoms with van der Waals surface area (Å²) in [7, 11) is -5.26. The first-order valence-electron chi connectivity index (χ1n) is 13.8. The molecule has 6 nitrogen and oxygen atoms in total. The molecule has 0 saturated carbocycles. The van der Waals surface area contributed by atoms with Crippen molar-refractivity contribution in [2.45, 2.75) is 69.8 Å².